The molecule has 0 amide bonds. The minimum atomic E-state index is -0.854. The fraction of sp³-hybridized carbons (Fsp3) is 0.471. The molecule has 4 nitrogen and oxygen atoms in total. The molecule has 1 fully saturated rings. The van der Waals surface area contributed by atoms with E-state index in [-0.39, 0.29) is 6.04 Å². The SMILES string of the molecule is CC(C)n1ccnc1CN1C[C@@H](O)C[C@H]1c1ccc(F)c(F)c1. The number of aliphatic hydroxyl groups excluding tert-OH is 1. The largest absolute Gasteiger partial charge is 0.392 e. The number of β-amino-alcohol motifs (C(OH)–C–C–N with tert-alkyl or cyclic N) is 1. The third-order valence-electron chi connectivity index (χ3n) is 4.36. The topological polar surface area (TPSA) is 41.3 Å². The molecule has 1 N–H and O–H groups in total. The zero-order valence-electron chi connectivity index (χ0n) is 13.3. The molecule has 1 aromatic carbocycles. The summed E-state index contributed by atoms with van der Waals surface area (Å²) < 4.78 is 28.8. The first-order chi connectivity index (χ1) is 11.0. The van der Waals surface area contributed by atoms with Crippen molar-refractivity contribution in [1.82, 2.24) is 14.5 Å². The second kappa shape index (κ2) is 6.37. The Morgan fingerprint density at radius 1 is 1.30 bits per heavy atom. The van der Waals surface area contributed by atoms with Gasteiger partial charge in [-0.1, -0.05) is 6.07 Å². The fourth-order valence-corrected chi connectivity index (χ4v) is 3.24. The fourth-order valence-electron chi connectivity index (χ4n) is 3.24. The van der Waals surface area contributed by atoms with Gasteiger partial charge in [-0.05, 0) is 38.0 Å². The summed E-state index contributed by atoms with van der Waals surface area (Å²) >= 11 is 0. The van der Waals surface area contributed by atoms with Crippen LogP contribution in [0.1, 0.15) is 43.7 Å². The minimum absolute atomic E-state index is 0.141. The summed E-state index contributed by atoms with van der Waals surface area (Å²) in [5.74, 6) is -0.802. The van der Waals surface area contributed by atoms with E-state index in [1.807, 2.05) is 6.20 Å². The zero-order valence-corrected chi connectivity index (χ0v) is 13.3. The van der Waals surface area contributed by atoms with Gasteiger partial charge in [-0.15, -0.1) is 0 Å². The number of hydrogen-bond donors (Lipinski definition) is 1. The zero-order chi connectivity index (χ0) is 16.6. The first kappa shape index (κ1) is 16.1. The predicted octanol–water partition coefficient (Wildman–Crippen LogP) is 3.05. The lowest BCUT2D eigenvalue weighted by Gasteiger charge is -2.25. The highest BCUT2D eigenvalue weighted by molar-refractivity contribution is 5.23. The van der Waals surface area contributed by atoms with Gasteiger partial charge in [-0.25, -0.2) is 13.8 Å². The third-order valence-corrected chi connectivity index (χ3v) is 4.36. The smallest absolute Gasteiger partial charge is 0.159 e. The van der Waals surface area contributed by atoms with Crippen molar-refractivity contribution in [3.63, 3.8) is 0 Å². The Morgan fingerprint density at radius 2 is 2.09 bits per heavy atom. The van der Waals surface area contributed by atoms with E-state index in [1.54, 1.807) is 12.3 Å². The molecule has 124 valence electrons. The quantitative estimate of drug-likeness (QED) is 0.941. The Hall–Kier alpha value is -1.79. The standard InChI is InChI=1S/C17H21F2N3O/c1-11(2)22-6-5-20-17(22)10-21-9-13(23)8-16(21)12-3-4-14(18)15(19)7-12/h3-7,11,13,16,23H,8-10H2,1-2H3/t13-,16-/m0/s1. The molecule has 2 atom stereocenters. The molecular formula is C17H21F2N3O. The summed E-state index contributed by atoms with van der Waals surface area (Å²) in [5.41, 5.74) is 0.683. The minimum Gasteiger partial charge on any atom is -0.392 e. The van der Waals surface area contributed by atoms with E-state index in [0.717, 1.165) is 11.9 Å². The van der Waals surface area contributed by atoms with Crippen LogP contribution in [0.15, 0.2) is 30.6 Å². The summed E-state index contributed by atoms with van der Waals surface area (Å²) in [7, 11) is 0. The van der Waals surface area contributed by atoms with Crippen LogP contribution in [0.3, 0.4) is 0 Å². The van der Waals surface area contributed by atoms with Gasteiger partial charge in [0.25, 0.3) is 0 Å². The van der Waals surface area contributed by atoms with E-state index in [9.17, 15) is 13.9 Å². The van der Waals surface area contributed by atoms with Gasteiger partial charge in [0.15, 0.2) is 11.6 Å². The number of aliphatic hydroxyl groups is 1. The molecule has 3 rings (SSSR count). The molecule has 1 saturated heterocycles. The van der Waals surface area contributed by atoms with Crippen molar-refractivity contribution in [3.8, 4) is 0 Å². The van der Waals surface area contributed by atoms with Crippen LogP contribution in [0.2, 0.25) is 0 Å². The average molecular weight is 321 g/mol. The van der Waals surface area contributed by atoms with E-state index < -0.39 is 17.7 Å². The Kier molecular flexibility index (Phi) is 4.46. The van der Waals surface area contributed by atoms with Crippen molar-refractivity contribution < 1.29 is 13.9 Å². The van der Waals surface area contributed by atoms with Crippen molar-refractivity contribution in [1.29, 1.82) is 0 Å². The summed E-state index contributed by atoms with van der Waals surface area (Å²) in [6, 6.07) is 4.10. The van der Waals surface area contributed by atoms with Crippen LogP contribution in [-0.2, 0) is 6.54 Å². The number of benzene rings is 1. The molecule has 2 heterocycles. The van der Waals surface area contributed by atoms with E-state index in [1.165, 1.54) is 6.07 Å². The van der Waals surface area contributed by atoms with E-state index >= 15 is 0 Å². The van der Waals surface area contributed by atoms with Gasteiger partial charge in [-0.3, -0.25) is 4.90 Å². The highest BCUT2D eigenvalue weighted by atomic mass is 19.2. The lowest BCUT2D eigenvalue weighted by atomic mass is 10.0. The van der Waals surface area contributed by atoms with Crippen molar-refractivity contribution in [2.75, 3.05) is 6.54 Å². The molecule has 0 unspecified atom stereocenters. The Bertz CT molecular complexity index is 686. The molecule has 0 bridgehead atoms. The van der Waals surface area contributed by atoms with Crippen molar-refractivity contribution in [2.45, 2.75) is 45.0 Å². The van der Waals surface area contributed by atoms with Gasteiger partial charge in [0, 0.05) is 31.0 Å². The summed E-state index contributed by atoms with van der Waals surface area (Å²) in [5, 5.41) is 10.0. The van der Waals surface area contributed by atoms with Crippen LogP contribution in [0.5, 0.6) is 0 Å². The van der Waals surface area contributed by atoms with Crippen LogP contribution in [0, 0.1) is 11.6 Å². The third kappa shape index (κ3) is 3.28. The Morgan fingerprint density at radius 3 is 2.78 bits per heavy atom. The number of nitrogens with zero attached hydrogens (tertiary/aromatic N) is 3. The molecule has 0 aliphatic carbocycles. The van der Waals surface area contributed by atoms with Gasteiger partial charge < -0.3 is 9.67 Å². The van der Waals surface area contributed by atoms with Crippen LogP contribution in [-0.4, -0.2) is 32.2 Å². The molecule has 2 aromatic rings. The molecule has 0 spiro atoms. The van der Waals surface area contributed by atoms with Crippen molar-refractivity contribution >= 4 is 0 Å². The Labute approximate surface area is 134 Å². The normalized spacial score (nSPS) is 22.2. The van der Waals surface area contributed by atoms with Crippen LogP contribution >= 0.6 is 0 Å². The second-order valence-electron chi connectivity index (χ2n) is 6.35. The number of imidazole rings is 1. The molecular weight excluding hydrogens is 300 g/mol. The number of rotatable bonds is 4. The molecule has 6 heteroatoms. The molecule has 0 radical (unpaired) electrons. The van der Waals surface area contributed by atoms with Crippen LogP contribution in [0.4, 0.5) is 8.78 Å². The molecule has 1 aliphatic rings. The Balaban J connectivity index is 1.85. The van der Waals surface area contributed by atoms with Gasteiger partial charge in [0.1, 0.15) is 5.82 Å². The van der Waals surface area contributed by atoms with Crippen molar-refractivity contribution in [3.05, 3.63) is 53.6 Å². The van der Waals surface area contributed by atoms with Gasteiger partial charge >= 0.3 is 0 Å². The van der Waals surface area contributed by atoms with Crippen LogP contribution < -0.4 is 0 Å². The monoisotopic (exact) mass is 321 g/mol. The molecule has 1 aromatic heterocycles. The number of aromatic nitrogens is 2. The molecule has 1 aliphatic heterocycles. The first-order valence-corrected chi connectivity index (χ1v) is 7.84. The molecule has 0 saturated carbocycles. The number of hydrogen-bond acceptors (Lipinski definition) is 3. The van der Waals surface area contributed by atoms with Gasteiger partial charge in [0.05, 0.1) is 12.6 Å². The summed E-state index contributed by atoms with van der Waals surface area (Å²) in [4.78, 5) is 6.46. The molecule has 23 heavy (non-hydrogen) atoms. The predicted molar refractivity (Wildman–Crippen MR) is 82.7 cm³/mol. The maximum Gasteiger partial charge on any atom is 0.159 e. The highest BCUT2D eigenvalue weighted by Crippen LogP contribution is 2.34. The van der Waals surface area contributed by atoms with Gasteiger partial charge in [0.2, 0.25) is 0 Å². The van der Waals surface area contributed by atoms with Gasteiger partial charge in [-0.2, -0.15) is 0 Å². The lowest BCUT2D eigenvalue weighted by molar-refractivity contribution is 0.170. The summed E-state index contributed by atoms with van der Waals surface area (Å²) in [6.45, 7) is 5.22. The van der Waals surface area contributed by atoms with Crippen molar-refractivity contribution in [2.24, 2.45) is 0 Å². The number of halogens is 2. The number of likely N-dealkylation sites (tertiary alicyclic amines) is 1. The van der Waals surface area contributed by atoms with Crippen LogP contribution in [0.25, 0.3) is 0 Å². The van der Waals surface area contributed by atoms with E-state index in [0.29, 0.717) is 31.1 Å². The summed E-state index contributed by atoms with van der Waals surface area (Å²) in [6.07, 6.45) is 3.72. The average Bonchev–Trinajstić information content (AvgIpc) is 3.09. The maximum absolute atomic E-state index is 13.5. The highest BCUT2D eigenvalue weighted by Gasteiger charge is 2.33. The maximum atomic E-state index is 13.5. The lowest BCUT2D eigenvalue weighted by Crippen LogP contribution is -2.26. The first-order valence-electron chi connectivity index (χ1n) is 7.84. The van der Waals surface area contributed by atoms with E-state index in [2.05, 4.69) is 28.3 Å². The van der Waals surface area contributed by atoms with E-state index in [4.69, 9.17) is 0 Å². The second-order valence-corrected chi connectivity index (χ2v) is 6.35.